The van der Waals surface area contributed by atoms with E-state index in [4.69, 9.17) is 23.7 Å². The maximum absolute atomic E-state index is 6.53. The molecule has 5 rings (SSSR count). The van der Waals surface area contributed by atoms with Crippen molar-refractivity contribution in [3.8, 4) is 11.5 Å². The van der Waals surface area contributed by atoms with Crippen LogP contribution in [0.3, 0.4) is 0 Å². The third-order valence-corrected chi connectivity index (χ3v) is 7.43. The van der Waals surface area contributed by atoms with Crippen LogP contribution >= 0.6 is 0 Å². The van der Waals surface area contributed by atoms with Crippen molar-refractivity contribution in [1.82, 2.24) is 5.32 Å². The van der Waals surface area contributed by atoms with E-state index in [1.54, 1.807) is 7.11 Å². The molecular formula is C29H40N2O5. The number of anilines is 1. The lowest BCUT2D eigenvalue weighted by Crippen LogP contribution is -2.41. The molecule has 0 spiro atoms. The van der Waals surface area contributed by atoms with Crippen LogP contribution in [-0.4, -0.2) is 71.9 Å². The van der Waals surface area contributed by atoms with E-state index >= 15 is 0 Å². The molecule has 3 heterocycles. The smallest absolute Gasteiger partial charge is 0.142 e. The first-order chi connectivity index (χ1) is 17.8. The van der Waals surface area contributed by atoms with E-state index in [0.717, 1.165) is 95.5 Å². The Bertz CT molecular complexity index is 947. The third kappa shape index (κ3) is 6.51. The van der Waals surface area contributed by atoms with E-state index in [9.17, 15) is 0 Å². The summed E-state index contributed by atoms with van der Waals surface area (Å²) in [4.78, 5) is 2.40. The summed E-state index contributed by atoms with van der Waals surface area (Å²) in [7, 11) is 1.76. The van der Waals surface area contributed by atoms with Crippen molar-refractivity contribution in [1.29, 1.82) is 0 Å². The van der Waals surface area contributed by atoms with Gasteiger partial charge in [0, 0.05) is 45.6 Å². The summed E-state index contributed by atoms with van der Waals surface area (Å²) < 4.78 is 29.3. The van der Waals surface area contributed by atoms with Crippen LogP contribution in [-0.2, 0) is 20.8 Å². The average Bonchev–Trinajstić information content (AvgIpc) is 2.93. The predicted octanol–water partition coefficient (Wildman–Crippen LogP) is 4.14. The fourth-order valence-electron chi connectivity index (χ4n) is 5.41. The lowest BCUT2D eigenvalue weighted by Gasteiger charge is -2.33. The molecule has 2 aromatic carbocycles. The number of hydrogen-bond donors (Lipinski definition) is 1. The molecule has 36 heavy (non-hydrogen) atoms. The lowest BCUT2D eigenvalue weighted by molar-refractivity contribution is 0.0105. The molecule has 0 aliphatic carbocycles. The standard InChI is InChI=1S/C29H40N2O5/c1-32-15-2-13-31-14-18-34-28-8-3-22(19-27(28)31)21-35-29-20-30-12-9-26(29)23-4-6-24(7-5-23)36-25-10-16-33-17-11-25/h3-8,19,25-26,29-30H,2,9-18,20-21H2,1H3/t26-,29+/m1/s1. The van der Waals surface area contributed by atoms with E-state index in [-0.39, 0.29) is 12.2 Å². The number of nitrogens with one attached hydrogen (secondary N) is 1. The highest BCUT2D eigenvalue weighted by Gasteiger charge is 2.28. The van der Waals surface area contributed by atoms with Crippen LogP contribution in [0.5, 0.6) is 11.5 Å². The van der Waals surface area contributed by atoms with Gasteiger partial charge in [0.25, 0.3) is 0 Å². The van der Waals surface area contributed by atoms with Crippen molar-refractivity contribution in [2.45, 2.75) is 50.4 Å². The molecule has 0 radical (unpaired) electrons. The Labute approximate surface area is 215 Å². The highest BCUT2D eigenvalue weighted by molar-refractivity contribution is 5.61. The second kappa shape index (κ2) is 12.8. The topological polar surface area (TPSA) is 61.4 Å². The van der Waals surface area contributed by atoms with Gasteiger partial charge >= 0.3 is 0 Å². The molecule has 2 fully saturated rings. The van der Waals surface area contributed by atoms with Crippen molar-refractivity contribution in [3.63, 3.8) is 0 Å². The monoisotopic (exact) mass is 496 g/mol. The summed E-state index contributed by atoms with van der Waals surface area (Å²) in [5.74, 6) is 2.28. The van der Waals surface area contributed by atoms with Crippen molar-refractivity contribution in [2.75, 3.05) is 64.6 Å². The summed E-state index contributed by atoms with van der Waals surface area (Å²) in [6, 6.07) is 15.1. The van der Waals surface area contributed by atoms with Crippen molar-refractivity contribution >= 4 is 5.69 Å². The van der Waals surface area contributed by atoms with Gasteiger partial charge in [-0.25, -0.2) is 0 Å². The van der Waals surface area contributed by atoms with E-state index in [2.05, 4.69) is 52.7 Å². The van der Waals surface area contributed by atoms with Crippen molar-refractivity contribution in [3.05, 3.63) is 53.6 Å². The second-order valence-corrected chi connectivity index (χ2v) is 9.93. The molecule has 1 N–H and O–H groups in total. The fourth-order valence-corrected chi connectivity index (χ4v) is 5.41. The summed E-state index contributed by atoms with van der Waals surface area (Å²) in [5.41, 5.74) is 3.67. The Morgan fingerprint density at radius 3 is 2.72 bits per heavy atom. The van der Waals surface area contributed by atoms with Crippen LogP contribution in [0.25, 0.3) is 0 Å². The SMILES string of the molecule is COCCCN1CCOc2ccc(CO[C@H]3CNCC[C@@H]3c3ccc(OC4CCOCC4)cc3)cc21. The van der Waals surface area contributed by atoms with Gasteiger partial charge in [-0.15, -0.1) is 0 Å². The summed E-state index contributed by atoms with van der Waals surface area (Å²) in [6.07, 6.45) is 4.39. The van der Waals surface area contributed by atoms with E-state index in [1.807, 2.05) is 0 Å². The molecule has 3 aliphatic heterocycles. The number of nitrogens with zero attached hydrogens (tertiary/aromatic N) is 1. The molecular weight excluding hydrogens is 456 g/mol. The van der Waals surface area contributed by atoms with Gasteiger partial charge in [-0.2, -0.15) is 0 Å². The first-order valence-corrected chi connectivity index (χ1v) is 13.5. The highest BCUT2D eigenvalue weighted by atomic mass is 16.5. The number of piperidine rings is 1. The van der Waals surface area contributed by atoms with Gasteiger partial charge in [0.1, 0.15) is 24.2 Å². The Balaban J connectivity index is 1.20. The predicted molar refractivity (Wildman–Crippen MR) is 140 cm³/mol. The van der Waals surface area contributed by atoms with Gasteiger partial charge in [-0.3, -0.25) is 0 Å². The van der Waals surface area contributed by atoms with E-state index in [0.29, 0.717) is 12.5 Å². The lowest BCUT2D eigenvalue weighted by atomic mass is 9.87. The minimum absolute atomic E-state index is 0.131. The molecule has 0 saturated carbocycles. The van der Waals surface area contributed by atoms with Crippen LogP contribution in [0.4, 0.5) is 5.69 Å². The molecule has 3 aliphatic rings. The first-order valence-electron chi connectivity index (χ1n) is 13.5. The van der Waals surface area contributed by atoms with E-state index in [1.165, 1.54) is 11.1 Å². The van der Waals surface area contributed by atoms with Gasteiger partial charge in [0.15, 0.2) is 0 Å². The van der Waals surface area contributed by atoms with Crippen LogP contribution in [0.15, 0.2) is 42.5 Å². The van der Waals surface area contributed by atoms with Gasteiger partial charge in [0.2, 0.25) is 0 Å². The van der Waals surface area contributed by atoms with Crippen LogP contribution in [0.1, 0.15) is 42.7 Å². The fraction of sp³-hybridized carbons (Fsp3) is 0.586. The van der Waals surface area contributed by atoms with Crippen LogP contribution < -0.4 is 19.7 Å². The molecule has 0 unspecified atom stereocenters. The quantitative estimate of drug-likeness (QED) is 0.496. The summed E-state index contributed by atoms with van der Waals surface area (Å²) >= 11 is 0. The Morgan fingerprint density at radius 2 is 1.89 bits per heavy atom. The largest absolute Gasteiger partial charge is 0.490 e. The number of methoxy groups -OCH3 is 1. The Hall–Kier alpha value is -2.32. The highest BCUT2D eigenvalue weighted by Crippen LogP contribution is 2.34. The average molecular weight is 497 g/mol. The maximum Gasteiger partial charge on any atom is 0.142 e. The van der Waals surface area contributed by atoms with Gasteiger partial charge in [-0.1, -0.05) is 18.2 Å². The number of hydrogen-bond acceptors (Lipinski definition) is 7. The van der Waals surface area contributed by atoms with Crippen molar-refractivity contribution < 1.29 is 23.7 Å². The molecule has 196 valence electrons. The minimum Gasteiger partial charge on any atom is -0.490 e. The number of rotatable bonds is 10. The zero-order valence-electron chi connectivity index (χ0n) is 21.5. The molecule has 0 aromatic heterocycles. The molecule has 2 atom stereocenters. The third-order valence-electron chi connectivity index (χ3n) is 7.43. The summed E-state index contributed by atoms with van der Waals surface area (Å²) in [6.45, 7) is 7.42. The molecule has 7 heteroatoms. The molecule has 7 nitrogen and oxygen atoms in total. The maximum atomic E-state index is 6.53. The molecule has 2 saturated heterocycles. The van der Waals surface area contributed by atoms with Crippen molar-refractivity contribution in [2.24, 2.45) is 0 Å². The normalized spacial score (nSPS) is 22.6. The van der Waals surface area contributed by atoms with Gasteiger partial charge in [-0.05, 0) is 54.8 Å². The Kier molecular flexibility index (Phi) is 8.99. The van der Waals surface area contributed by atoms with E-state index < -0.39 is 0 Å². The first kappa shape index (κ1) is 25.3. The minimum atomic E-state index is 0.131. The number of fused-ring (bicyclic) bond motifs is 1. The zero-order chi connectivity index (χ0) is 24.6. The van der Waals surface area contributed by atoms with Gasteiger partial charge in [0.05, 0.1) is 38.2 Å². The summed E-state index contributed by atoms with van der Waals surface area (Å²) in [5, 5.41) is 3.52. The zero-order valence-corrected chi connectivity index (χ0v) is 21.5. The van der Waals surface area contributed by atoms with Crippen LogP contribution in [0.2, 0.25) is 0 Å². The number of ether oxygens (including phenoxy) is 5. The second-order valence-electron chi connectivity index (χ2n) is 9.93. The Morgan fingerprint density at radius 1 is 1.03 bits per heavy atom. The molecule has 0 amide bonds. The van der Waals surface area contributed by atoms with Gasteiger partial charge < -0.3 is 33.9 Å². The molecule has 0 bridgehead atoms. The van der Waals surface area contributed by atoms with Crippen LogP contribution in [0, 0.1) is 0 Å². The molecule has 2 aromatic rings. The number of benzene rings is 2.